The maximum absolute atomic E-state index is 15.6. The average Bonchev–Trinajstić information content (AvgIpc) is 3.30. The van der Waals surface area contributed by atoms with E-state index in [1.54, 1.807) is 46.8 Å². The smallest absolute Gasteiger partial charge is 0.410 e. The lowest BCUT2D eigenvalue weighted by Gasteiger charge is -2.26. The largest absolute Gasteiger partial charge is 0.457 e. The molecule has 222 valence electrons. The van der Waals surface area contributed by atoms with Gasteiger partial charge in [-0.1, -0.05) is 0 Å². The molecule has 1 fully saturated rings. The first-order valence-corrected chi connectivity index (χ1v) is 14.3. The van der Waals surface area contributed by atoms with Gasteiger partial charge in [-0.3, -0.25) is 0 Å². The van der Waals surface area contributed by atoms with Gasteiger partial charge in [0.25, 0.3) is 0 Å². The summed E-state index contributed by atoms with van der Waals surface area (Å²) in [6.07, 6.45) is 6.80. The Morgan fingerprint density at radius 3 is 2.74 bits per heavy atom. The Hall–Kier alpha value is -4.87. The predicted molar refractivity (Wildman–Crippen MR) is 159 cm³/mol. The molecular formula is C31H33FN8O3. The van der Waals surface area contributed by atoms with E-state index in [1.165, 1.54) is 12.7 Å². The number of carbonyl (C=O) groups is 1. The van der Waals surface area contributed by atoms with Crippen LogP contribution in [0.5, 0.6) is 11.5 Å². The number of hydrogen-bond donors (Lipinski definition) is 1. The number of likely N-dealkylation sites (tertiary alicyclic amines) is 1. The van der Waals surface area contributed by atoms with Gasteiger partial charge in [0.05, 0.1) is 11.2 Å². The Morgan fingerprint density at radius 1 is 1.05 bits per heavy atom. The van der Waals surface area contributed by atoms with Crippen LogP contribution in [0.3, 0.4) is 0 Å². The monoisotopic (exact) mass is 584 g/mol. The van der Waals surface area contributed by atoms with E-state index in [2.05, 4.69) is 25.4 Å². The number of aromatic nitrogens is 6. The molecule has 5 heterocycles. The minimum atomic E-state index is -0.537. The van der Waals surface area contributed by atoms with Crippen molar-refractivity contribution in [1.82, 2.24) is 34.4 Å². The molecule has 0 spiro atoms. The summed E-state index contributed by atoms with van der Waals surface area (Å²) < 4.78 is 28.8. The highest BCUT2D eigenvalue weighted by molar-refractivity contribution is 5.87. The van der Waals surface area contributed by atoms with Gasteiger partial charge in [0.2, 0.25) is 0 Å². The number of benzene rings is 1. The van der Waals surface area contributed by atoms with Crippen molar-refractivity contribution in [3.8, 4) is 11.5 Å². The van der Waals surface area contributed by atoms with Crippen molar-refractivity contribution in [2.24, 2.45) is 0 Å². The summed E-state index contributed by atoms with van der Waals surface area (Å²) in [5.41, 5.74) is 2.75. The highest BCUT2D eigenvalue weighted by atomic mass is 19.1. The number of pyridine rings is 2. The second kappa shape index (κ2) is 11.4. The Labute approximate surface area is 248 Å². The third-order valence-electron chi connectivity index (χ3n) is 7.37. The Morgan fingerprint density at radius 2 is 1.91 bits per heavy atom. The van der Waals surface area contributed by atoms with E-state index >= 15 is 4.39 Å². The molecule has 1 aliphatic rings. The van der Waals surface area contributed by atoms with E-state index in [-0.39, 0.29) is 17.7 Å². The van der Waals surface area contributed by atoms with E-state index in [1.807, 2.05) is 32.9 Å². The Bertz CT molecular complexity index is 1800. The van der Waals surface area contributed by atoms with Crippen LogP contribution in [0.25, 0.3) is 16.7 Å². The molecule has 12 heteroatoms. The fraction of sp³-hybridized carbons (Fsp3) is 0.355. The molecule has 1 aliphatic heterocycles. The minimum absolute atomic E-state index is 0.150. The van der Waals surface area contributed by atoms with Gasteiger partial charge in [0, 0.05) is 42.5 Å². The summed E-state index contributed by atoms with van der Waals surface area (Å²) in [5.74, 6) is 0.996. The summed E-state index contributed by atoms with van der Waals surface area (Å²) in [4.78, 5) is 32.2. The molecule has 4 aromatic heterocycles. The summed E-state index contributed by atoms with van der Waals surface area (Å²) in [6, 6.07) is 10.7. The Balaban J connectivity index is 1.21. The molecule has 1 N–H and O–H groups in total. The normalized spacial score (nSPS) is 15.8. The molecule has 6 rings (SSSR count). The number of carbonyl (C=O) groups excluding carboxylic acids is 1. The molecule has 1 amide bonds. The number of nitrogens with zero attached hydrogens (tertiary/aromatic N) is 7. The average molecular weight is 585 g/mol. The van der Waals surface area contributed by atoms with Gasteiger partial charge in [0.15, 0.2) is 17.3 Å². The molecule has 0 radical (unpaired) electrons. The first-order valence-electron chi connectivity index (χ1n) is 14.3. The highest BCUT2D eigenvalue weighted by Gasteiger charge is 2.26. The zero-order chi connectivity index (χ0) is 30.1. The highest BCUT2D eigenvalue weighted by Crippen LogP contribution is 2.34. The second-order valence-electron chi connectivity index (χ2n) is 11.6. The topological polar surface area (TPSA) is 120 Å². The number of nitrogens with one attached hydrogen (secondary N) is 1. The molecule has 1 atom stereocenters. The third kappa shape index (κ3) is 6.18. The van der Waals surface area contributed by atoms with Crippen LogP contribution in [-0.4, -0.2) is 59.2 Å². The maximum Gasteiger partial charge on any atom is 0.410 e. The van der Waals surface area contributed by atoms with Crippen molar-refractivity contribution in [2.75, 3.05) is 18.4 Å². The second-order valence-corrected chi connectivity index (χ2v) is 11.6. The number of rotatable bonds is 5. The summed E-state index contributed by atoms with van der Waals surface area (Å²) in [6.45, 7) is 8.50. The predicted octanol–water partition coefficient (Wildman–Crippen LogP) is 6.56. The van der Waals surface area contributed by atoms with Crippen LogP contribution in [0.4, 0.5) is 20.7 Å². The lowest BCUT2D eigenvalue weighted by atomic mass is 9.96. The maximum atomic E-state index is 15.6. The summed E-state index contributed by atoms with van der Waals surface area (Å²) in [5, 5.41) is 7.19. The SMILES string of the molecule is Cc1c(Oc2ccn3ncnc3c2)ccc(Nc2ncnc3ccc([C@@H]4CCCN(C(=O)OC(C)(C)C)CC4)nc23)c1F. The first kappa shape index (κ1) is 28.3. The minimum Gasteiger partial charge on any atom is -0.457 e. The number of amides is 1. The standard InChI is InChI=1S/C31H33FN8O3/c1-19-25(42-21-12-15-40-26(16-21)34-18-36-40)10-9-23(27(19)32)38-29-28-24(33-17-35-29)8-7-22(37-28)20-6-5-13-39(14-11-20)30(41)43-31(2,3)4/h7-10,12,15-18,20H,5-6,11,13-14H2,1-4H3,(H,33,35,38)/t20-/m1/s1. The van der Waals surface area contributed by atoms with E-state index in [4.69, 9.17) is 14.5 Å². The number of fused-ring (bicyclic) bond motifs is 2. The van der Waals surface area contributed by atoms with Crippen molar-refractivity contribution in [2.45, 2.75) is 58.5 Å². The van der Waals surface area contributed by atoms with E-state index in [0.717, 1.165) is 25.0 Å². The van der Waals surface area contributed by atoms with Gasteiger partial charge in [-0.2, -0.15) is 5.10 Å². The number of anilines is 2. The molecule has 0 unspecified atom stereocenters. The molecule has 11 nitrogen and oxygen atoms in total. The van der Waals surface area contributed by atoms with Gasteiger partial charge in [-0.25, -0.2) is 33.6 Å². The van der Waals surface area contributed by atoms with Crippen LogP contribution >= 0.6 is 0 Å². The van der Waals surface area contributed by atoms with Gasteiger partial charge in [0.1, 0.15) is 35.3 Å². The van der Waals surface area contributed by atoms with Crippen molar-refractivity contribution in [1.29, 1.82) is 0 Å². The molecule has 0 saturated carbocycles. The number of hydrogen-bond acceptors (Lipinski definition) is 9. The van der Waals surface area contributed by atoms with E-state index in [9.17, 15) is 4.79 Å². The van der Waals surface area contributed by atoms with Gasteiger partial charge in [-0.05, 0) is 77.3 Å². The van der Waals surface area contributed by atoms with Crippen molar-refractivity contribution >= 4 is 34.3 Å². The zero-order valence-electron chi connectivity index (χ0n) is 24.5. The van der Waals surface area contributed by atoms with Crippen LogP contribution < -0.4 is 10.1 Å². The molecule has 43 heavy (non-hydrogen) atoms. The molecule has 0 bridgehead atoms. The zero-order valence-corrected chi connectivity index (χ0v) is 24.5. The number of ether oxygens (including phenoxy) is 2. The molecule has 1 saturated heterocycles. The molecule has 1 aromatic carbocycles. The van der Waals surface area contributed by atoms with Crippen molar-refractivity contribution < 1.29 is 18.7 Å². The van der Waals surface area contributed by atoms with Crippen LogP contribution in [0, 0.1) is 12.7 Å². The Kier molecular flexibility index (Phi) is 7.51. The summed E-state index contributed by atoms with van der Waals surface area (Å²) >= 11 is 0. The quantitative estimate of drug-likeness (QED) is 0.245. The molecule has 5 aromatic rings. The fourth-order valence-electron chi connectivity index (χ4n) is 5.16. The lowest BCUT2D eigenvalue weighted by Crippen LogP contribution is -2.37. The van der Waals surface area contributed by atoms with E-state index in [0.29, 0.717) is 52.7 Å². The van der Waals surface area contributed by atoms with Crippen molar-refractivity contribution in [3.63, 3.8) is 0 Å². The van der Waals surface area contributed by atoms with Crippen LogP contribution in [-0.2, 0) is 4.74 Å². The van der Waals surface area contributed by atoms with Gasteiger partial charge in [-0.15, -0.1) is 0 Å². The van der Waals surface area contributed by atoms with Gasteiger partial charge >= 0.3 is 6.09 Å². The van der Waals surface area contributed by atoms with Crippen LogP contribution in [0.1, 0.15) is 57.2 Å². The van der Waals surface area contributed by atoms with Crippen molar-refractivity contribution in [3.05, 3.63) is 72.3 Å². The summed E-state index contributed by atoms with van der Waals surface area (Å²) in [7, 11) is 0. The van der Waals surface area contributed by atoms with Crippen LogP contribution in [0.15, 0.2) is 55.2 Å². The van der Waals surface area contributed by atoms with Gasteiger partial charge < -0.3 is 19.7 Å². The lowest BCUT2D eigenvalue weighted by molar-refractivity contribution is 0.0256. The first-order chi connectivity index (χ1) is 20.6. The van der Waals surface area contributed by atoms with Crippen LogP contribution in [0.2, 0.25) is 0 Å². The molecule has 0 aliphatic carbocycles. The molecular weight excluding hydrogens is 551 g/mol. The third-order valence-corrected chi connectivity index (χ3v) is 7.37. The number of halogens is 1. The van der Waals surface area contributed by atoms with E-state index < -0.39 is 11.4 Å². The fourth-order valence-corrected chi connectivity index (χ4v) is 5.16.